The van der Waals surface area contributed by atoms with E-state index in [0.29, 0.717) is 18.2 Å². The van der Waals surface area contributed by atoms with Gasteiger partial charge in [0, 0.05) is 18.4 Å². The Morgan fingerprint density at radius 1 is 1.20 bits per heavy atom. The first-order valence-electron chi connectivity index (χ1n) is 10.7. The molecule has 0 radical (unpaired) electrons. The summed E-state index contributed by atoms with van der Waals surface area (Å²) in [6.07, 6.45) is -3.34. The predicted molar refractivity (Wildman–Crippen MR) is 126 cm³/mol. The first-order valence-corrected chi connectivity index (χ1v) is 12.6. The van der Waals surface area contributed by atoms with E-state index in [0.717, 1.165) is 19.3 Å². The smallest absolute Gasteiger partial charge is 0.432 e. The number of carbonyl (C=O) groups excluding carboxylic acids is 1. The van der Waals surface area contributed by atoms with E-state index in [1.165, 1.54) is 30.3 Å². The van der Waals surface area contributed by atoms with Crippen LogP contribution in [0.15, 0.2) is 51.8 Å². The lowest BCUT2D eigenvalue weighted by Gasteiger charge is -2.17. The molecular weight excluding hydrogens is 487 g/mol. The summed E-state index contributed by atoms with van der Waals surface area (Å²) >= 11 is 0. The van der Waals surface area contributed by atoms with Gasteiger partial charge in [-0.15, -0.1) is 0 Å². The fourth-order valence-electron chi connectivity index (χ4n) is 3.00. The summed E-state index contributed by atoms with van der Waals surface area (Å²) in [4.78, 5) is 14.2. The molecule has 2 rings (SSSR count). The summed E-state index contributed by atoms with van der Waals surface area (Å²) in [6, 6.07) is 8.68. The number of benzene rings is 1. The molecule has 0 spiro atoms. The predicted octanol–water partition coefficient (Wildman–Crippen LogP) is 3.75. The van der Waals surface area contributed by atoms with Crippen LogP contribution in [-0.2, 0) is 19.4 Å². The lowest BCUT2D eigenvalue weighted by molar-refractivity contribution is -0.142. The molecule has 2 aromatic rings. The van der Waals surface area contributed by atoms with Crippen LogP contribution in [0.3, 0.4) is 0 Å². The second-order valence-electron chi connectivity index (χ2n) is 7.53. The number of carbonyl (C=O) groups is 1. The van der Waals surface area contributed by atoms with Gasteiger partial charge in [0.05, 0.1) is 10.6 Å². The quantitative estimate of drug-likeness (QED) is 0.327. The van der Waals surface area contributed by atoms with Gasteiger partial charge in [0.1, 0.15) is 24.6 Å². The van der Waals surface area contributed by atoms with Crippen molar-refractivity contribution in [2.24, 2.45) is 0 Å². The zero-order valence-corrected chi connectivity index (χ0v) is 20.4. The number of allylic oxidation sites excluding steroid dienone is 1. The fraction of sp³-hybridized carbons (Fsp3) is 0.391. The van der Waals surface area contributed by atoms with E-state index in [9.17, 15) is 26.4 Å². The highest BCUT2D eigenvalue weighted by molar-refractivity contribution is 7.90. The maximum Gasteiger partial charge on any atom is 0.432 e. The number of nitrogens with zero attached hydrogens (tertiary/aromatic N) is 1. The number of furan rings is 1. The van der Waals surface area contributed by atoms with E-state index in [4.69, 9.17) is 14.6 Å². The SMILES string of the molecule is CCN(CC)CCOC(=O)CN/C(=C\C(=N)C(F)(F)F)c1ccc(-c2cccc(S(C)(=O)=O)c2)o1. The van der Waals surface area contributed by atoms with Crippen molar-refractivity contribution in [2.75, 3.05) is 39.0 Å². The van der Waals surface area contributed by atoms with Crippen LogP contribution >= 0.6 is 0 Å². The van der Waals surface area contributed by atoms with Crippen molar-refractivity contribution >= 4 is 27.2 Å². The normalized spacial score (nSPS) is 12.6. The van der Waals surface area contributed by atoms with Gasteiger partial charge in [0.25, 0.3) is 0 Å². The average Bonchev–Trinajstić information content (AvgIpc) is 3.28. The summed E-state index contributed by atoms with van der Waals surface area (Å²) in [5.74, 6) is -0.567. The van der Waals surface area contributed by atoms with Gasteiger partial charge in [-0.2, -0.15) is 13.2 Å². The van der Waals surface area contributed by atoms with E-state index in [1.54, 1.807) is 6.07 Å². The summed E-state index contributed by atoms with van der Waals surface area (Å²) in [5, 5.41) is 9.85. The molecule has 12 heteroatoms. The van der Waals surface area contributed by atoms with Crippen LogP contribution in [0.2, 0.25) is 0 Å². The number of likely N-dealkylation sites (N-methyl/N-ethyl adjacent to an activating group) is 1. The average molecular weight is 516 g/mol. The van der Waals surface area contributed by atoms with E-state index in [1.807, 2.05) is 18.7 Å². The molecule has 0 aliphatic carbocycles. The second-order valence-corrected chi connectivity index (χ2v) is 9.55. The lowest BCUT2D eigenvalue weighted by Crippen LogP contribution is -2.30. The number of ether oxygens (including phenoxy) is 1. The molecule has 8 nitrogen and oxygen atoms in total. The van der Waals surface area contributed by atoms with Crippen LogP contribution < -0.4 is 5.32 Å². The van der Waals surface area contributed by atoms with E-state index in [-0.39, 0.29) is 28.7 Å². The highest BCUT2D eigenvalue weighted by Gasteiger charge is 2.33. The number of esters is 1. The van der Waals surface area contributed by atoms with Gasteiger partial charge in [-0.05, 0) is 43.4 Å². The molecule has 0 bridgehead atoms. The maximum absolute atomic E-state index is 13.0. The first-order chi connectivity index (χ1) is 16.3. The summed E-state index contributed by atoms with van der Waals surface area (Å²) in [5.41, 5.74) is -1.51. The largest absolute Gasteiger partial charge is 0.463 e. The number of hydrogen-bond donors (Lipinski definition) is 2. The van der Waals surface area contributed by atoms with Crippen LogP contribution in [0, 0.1) is 5.41 Å². The van der Waals surface area contributed by atoms with Crippen molar-refractivity contribution < 1.29 is 35.5 Å². The number of nitrogens with one attached hydrogen (secondary N) is 2. The summed E-state index contributed by atoms with van der Waals surface area (Å²) < 4.78 is 73.3. The van der Waals surface area contributed by atoms with Crippen molar-refractivity contribution in [1.29, 1.82) is 5.41 Å². The third-order valence-electron chi connectivity index (χ3n) is 5.00. The fourth-order valence-corrected chi connectivity index (χ4v) is 3.67. The highest BCUT2D eigenvalue weighted by atomic mass is 32.2. The lowest BCUT2D eigenvalue weighted by atomic mass is 10.2. The van der Waals surface area contributed by atoms with Gasteiger partial charge in [0.15, 0.2) is 15.6 Å². The molecule has 1 heterocycles. The Bertz CT molecular complexity index is 1170. The van der Waals surface area contributed by atoms with Gasteiger partial charge >= 0.3 is 12.1 Å². The van der Waals surface area contributed by atoms with Gasteiger partial charge in [-0.3, -0.25) is 10.2 Å². The molecule has 0 atom stereocenters. The van der Waals surface area contributed by atoms with Crippen LogP contribution in [0.5, 0.6) is 0 Å². The Balaban J connectivity index is 2.22. The van der Waals surface area contributed by atoms with Gasteiger partial charge in [0.2, 0.25) is 0 Å². The van der Waals surface area contributed by atoms with Crippen LogP contribution in [-0.4, -0.2) is 70.2 Å². The molecule has 0 amide bonds. The Kier molecular flexibility index (Phi) is 9.66. The second kappa shape index (κ2) is 12.0. The maximum atomic E-state index is 13.0. The van der Waals surface area contributed by atoms with Crippen LogP contribution in [0.25, 0.3) is 17.0 Å². The molecule has 1 aromatic heterocycles. The van der Waals surface area contributed by atoms with Gasteiger partial charge in [-0.1, -0.05) is 26.0 Å². The van der Waals surface area contributed by atoms with Gasteiger partial charge in [-0.25, -0.2) is 8.42 Å². The minimum absolute atomic E-state index is 0.0492. The van der Waals surface area contributed by atoms with Crippen LogP contribution in [0.1, 0.15) is 19.6 Å². The molecule has 1 aromatic carbocycles. The summed E-state index contributed by atoms with van der Waals surface area (Å²) in [6.45, 7) is 5.70. The van der Waals surface area contributed by atoms with Gasteiger partial charge < -0.3 is 19.4 Å². The standard InChI is InChI=1S/C23H28F3N3O5S/c1-4-29(5-2)11-12-33-22(30)15-28-18(14-21(27)23(24,25)26)20-10-9-19(34-20)16-7-6-8-17(13-16)35(3,31)32/h6-10,13-14,27-28H,4-5,11-12,15H2,1-3H3/b18-14-,27-21?. The monoisotopic (exact) mass is 515 g/mol. The Morgan fingerprint density at radius 2 is 1.89 bits per heavy atom. The van der Waals surface area contributed by atoms with E-state index < -0.39 is 34.2 Å². The van der Waals surface area contributed by atoms with Crippen molar-refractivity contribution in [3.8, 4) is 11.3 Å². The molecule has 0 saturated carbocycles. The van der Waals surface area contributed by atoms with Crippen molar-refractivity contribution in [3.05, 3.63) is 48.2 Å². The van der Waals surface area contributed by atoms with E-state index in [2.05, 4.69) is 5.32 Å². The number of halogens is 3. The zero-order chi connectivity index (χ0) is 26.2. The molecule has 2 N–H and O–H groups in total. The Labute approximate surface area is 202 Å². The number of hydrogen-bond acceptors (Lipinski definition) is 8. The summed E-state index contributed by atoms with van der Waals surface area (Å²) in [7, 11) is -3.48. The molecule has 0 aliphatic rings. The van der Waals surface area contributed by atoms with Crippen molar-refractivity contribution in [2.45, 2.75) is 24.9 Å². The third-order valence-corrected chi connectivity index (χ3v) is 6.11. The third kappa shape index (κ3) is 8.55. The topological polar surface area (TPSA) is 113 Å². The Morgan fingerprint density at radius 3 is 2.49 bits per heavy atom. The minimum atomic E-state index is -4.91. The molecule has 0 fully saturated rings. The number of sulfone groups is 1. The van der Waals surface area contributed by atoms with Crippen LogP contribution in [0.4, 0.5) is 13.2 Å². The molecule has 0 aliphatic heterocycles. The number of rotatable bonds is 12. The molecule has 0 unspecified atom stereocenters. The molecule has 35 heavy (non-hydrogen) atoms. The Hall–Kier alpha value is -3.12. The van der Waals surface area contributed by atoms with Crippen molar-refractivity contribution in [1.82, 2.24) is 10.2 Å². The molecule has 192 valence electrons. The first kappa shape index (κ1) is 28.1. The highest BCUT2D eigenvalue weighted by Crippen LogP contribution is 2.28. The van der Waals surface area contributed by atoms with E-state index >= 15 is 0 Å². The number of alkyl halides is 3. The molecular formula is C23H28F3N3O5S. The molecule has 0 saturated heterocycles. The van der Waals surface area contributed by atoms with Crippen molar-refractivity contribution in [3.63, 3.8) is 0 Å². The minimum Gasteiger partial charge on any atom is -0.463 e. The zero-order valence-electron chi connectivity index (χ0n) is 19.6.